The van der Waals surface area contributed by atoms with Crippen molar-refractivity contribution in [2.45, 2.75) is 33.7 Å². The molecule has 0 unspecified atom stereocenters. The summed E-state index contributed by atoms with van der Waals surface area (Å²) in [7, 11) is 0. The van der Waals surface area contributed by atoms with Crippen molar-refractivity contribution in [3.05, 3.63) is 58.8 Å². The van der Waals surface area contributed by atoms with E-state index in [1.165, 1.54) is 11.1 Å². The number of ether oxygens (including phenoxy) is 2. The van der Waals surface area contributed by atoms with E-state index in [1.807, 2.05) is 36.1 Å². The number of fused-ring (bicyclic) bond motifs is 2. The van der Waals surface area contributed by atoms with Crippen molar-refractivity contribution >= 4 is 16.9 Å². The Balaban J connectivity index is 1.52. The van der Waals surface area contributed by atoms with Crippen LogP contribution in [0.15, 0.2) is 41.0 Å². The molecule has 0 atom stereocenters. The molecule has 0 saturated carbocycles. The number of hydrogen-bond acceptors (Lipinski definition) is 4. The van der Waals surface area contributed by atoms with E-state index in [1.54, 1.807) is 6.26 Å². The van der Waals surface area contributed by atoms with Gasteiger partial charge in [-0.15, -0.1) is 0 Å². The number of hydrogen-bond donors (Lipinski definition) is 0. The fraction of sp³-hybridized carbons (Fsp3) is 0.318. The van der Waals surface area contributed by atoms with E-state index in [9.17, 15) is 4.79 Å². The lowest BCUT2D eigenvalue weighted by molar-refractivity contribution is -0.130. The van der Waals surface area contributed by atoms with Crippen LogP contribution in [0.3, 0.4) is 0 Å². The maximum absolute atomic E-state index is 12.9. The fourth-order valence-corrected chi connectivity index (χ4v) is 3.38. The first-order valence-electron chi connectivity index (χ1n) is 9.18. The van der Waals surface area contributed by atoms with Gasteiger partial charge < -0.3 is 18.8 Å². The van der Waals surface area contributed by atoms with Crippen molar-refractivity contribution in [1.29, 1.82) is 0 Å². The average Bonchev–Trinajstić information content (AvgIpc) is 3.27. The number of likely N-dealkylation sites (N-methyl/N-ethyl adjacent to an activating group) is 1. The monoisotopic (exact) mass is 365 g/mol. The zero-order chi connectivity index (χ0) is 19.0. The normalized spacial score (nSPS) is 12.6. The van der Waals surface area contributed by atoms with E-state index in [-0.39, 0.29) is 12.7 Å². The van der Waals surface area contributed by atoms with Crippen LogP contribution < -0.4 is 9.47 Å². The number of nitrogens with zero attached hydrogens (tertiary/aromatic N) is 1. The zero-order valence-electron chi connectivity index (χ0n) is 15.9. The predicted molar refractivity (Wildman–Crippen MR) is 103 cm³/mol. The summed E-state index contributed by atoms with van der Waals surface area (Å²) in [6.45, 7) is 7.56. The maximum Gasteiger partial charge on any atom is 0.231 e. The minimum atomic E-state index is 0.0797. The number of furan rings is 1. The molecule has 0 aliphatic carbocycles. The topological polar surface area (TPSA) is 51.9 Å². The molecule has 27 heavy (non-hydrogen) atoms. The Bertz CT molecular complexity index is 1000. The van der Waals surface area contributed by atoms with Gasteiger partial charge in [0.05, 0.1) is 12.7 Å². The summed E-state index contributed by atoms with van der Waals surface area (Å²) in [6, 6.07) is 9.94. The highest BCUT2D eigenvalue weighted by atomic mass is 16.7. The van der Waals surface area contributed by atoms with Gasteiger partial charge in [-0.2, -0.15) is 0 Å². The molecule has 140 valence electrons. The molecular weight excluding hydrogens is 342 g/mol. The van der Waals surface area contributed by atoms with Crippen molar-refractivity contribution in [1.82, 2.24) is 4.90 Å². The van der Waals surface area contributed by atoms with E-state index in [2.05, 4.69) is 19.9 Å². The summed E-state index contributed by atoms with van der Waals surface area (Å²) in [5, 5.41) is 1.02. The highest BCUT2D eigenvalue weighted by Crippen LogP contribution is 2.33. The van der Waals surface area contributed by atoms with Crippen LogP contribution in [0.5, 0.6) is 11.5 Å². The molecule has 4 rings (SSSR count). The van der Waals surface area contributed by atoms with Gasteiger partial charge in [0, 0.05) is 24.0 Å². The Labute approximate surface area is 158 Å². The van der Waals surface area contributed by atoms with Crippen LogP contribution in [-0.2, 0) is 17.8 Å². The van der Waals surface area contributed by atoms with Crippen LogP contribution in [-0.4, -0.2) is 24.1 Å². The Kier molecular flexibility index (Phi) is 4.52. The third-order valence-corrected chi connectivity index (χ3v) is 5.16. The van der Waals surface area contributed by atoms with Gasteiger partial charge in [0.2, 0.25) is 12.7 Å². The van der Waals surface area contributed by atoms with Gasteiger partial charge in [0.15, 0.2) is 11.5 Å². The Morgan fingerprint density at radius 3 is 2.67 bits per heavy atom. The van der Waals surface area contributed by atoms with Crippen molar-refractivity contribution in [2.24, 2.45) is 0 Å². The first-order chi connectivity index (χ1) is 13.0. The molecule has 0 saturated heterocycles. The van der Waals surface area contributed by atoms with Crippen LogP contribution in [0.2, 0.25) is 0 Å². The van der Waals surface area contributed by atoms with Crippen molar-refractivity contribution < 1.29 is 18.7 Å². The largest absolute Gasteiger partial charge is 0.464 e. The van der Waals surface area contributed by atoms with Crippen molar-refractivity contribution in [3.8, 4) is 11.5 Å². The Morgan fingerprint density at radius 2 is 1.85 bits per heavy atom. The second-order valence-electron chi connectivity index (χ2n) is 6.97. The second-order valence-corrected chi connectivity index (χ2v) is 6.97. The van der Waals surface area contributed by atoms with E-state index in [4.69, 9.17) is 13.9 Å². The van der Waals surface area contributed by atoms with Gasteiger partial charge in [0.1, 0.15) is 5.58 Å². The Morgan fingerprint density at radius 1 is 1.07 bits per heavy atom. The summed E-state index contributed by atoms with van der Waals surface area (Å²) >= 11 is 0. The van der Waals surface area contributed by atoms with Crippen LogP contribution in [0.1, 0.15) is 29.2 Å². The van der Waals surface area contributed by atoms with Crippen LogP contribution >= 0.6 is 0 Å². The second kappa shape index (κ2) is 6.99. The highest BCUT2D eigenvalue weighted by Gasteiger charge is 2.19. The summed E-state index contributed by atoms with van der Waals surface area (Å²) in [5.74, 6) is 1.57. The summed E-state index contributed by atoms with van der Waals surface area (Å²) in [5.41, 5.74) is 5.18. The molecule has 0 bridgehead atoms. The molecular formula is C22H23NO4. The van der Waals surface area contributed by atoms with Gasteiger partial charge in [-0.25, -0.2) is 0 Å². The molecule has 1 aliphatic heterocycles. The third kappa shape index (κ3) is 3.37. The highest BCUT2D eigenvalue weighted by molar-refractivity contribution is 5.88. The lowest BCUT2D eigenvalue weighted by atomic mass is 10.0. The van der Waals surface area contributed by atoms with Gasteiger partial charge in [-0.1, -0.05) is 6.07 Å². The van der Waals surface area contributed by atoms with Gasteiger partial charge in [-0.05, 0) is 61.7 Å². The molecule has 5 heteroatoms. The van der Waals surface area contributed by atoms with Crippen LogP contribution in [0.25, 0.3) is 11.0 Å². The van der Waals surface area contributed by atoms with E-state index in [0.717, 1.165) is 33.6 Å². The van der Waals surface area contributed by atoms with Gasteiger partial charge in [-0.3, -0.25) is 4.79 Å². The number of aryl methyl sites for hydroxylation is 2. The molecule has 2 heterocycles. The van der Waals surface area contributed by atoms with Crippen molar-refractivity contribution in [3.63, 3.8) is 0 Å². The summed E-state index contributed by atoms with van der Waals surface area (Å²) in [6.07, 6.45) is 2.03. The first kappa shape index (κ1) is 17.5. The van der Waals surface area contributed by atoms with Crippen LogP contribution in [0, 0.1) is 13.8 Å². The molecule has 2 aromatic carbocycles. The lowest BCUT2D eigenvalue weighted by Crippen LogP contribution is -2.31. The first-order valence-corrected chi connectivity index (χ1v) is 9.18. The minimum absolute atomic E-state index is 0.0797. The van der Waals surface area contributed by atoms with E-state index >= 15 is 0 Å². The molecule has 5 nitrogen and oxygen atoms in total. The SMILES string of the molecule is CCN(Cc1ccc2c(c1)OCO2)C(=O)Cc1coc2cc(C)c(C)cc12. The molecule has 0 radical (unpaired) electrons. The number of carbonyl (C=O) groups is 1. The fourth-order valence-electron chi connectivity index (χ4n) is 3.38. The number of amides is 1. The van der Waals surface area contributed by atoms with Crippen LogP contribution in [0.4, 0.5) is 0 Å². The molecule has 0 N–H and O–H groups in total. The molecule has 3 aromatic rings. The molecule has 1 aliphatic rings. The average molecular weight is 365 g/mol. The minimum Gasteiger partial charge on any atom is -0.464 e. The molecule has 0 fully saturated rings. The zero-order valence-corrected chi connectivity index (χ0v) is 15.9. The third-order valence-electron chi connectivity index (χ3n) is 5.16. The molecule has 0 spiro atoms. The number of benzene rings is 2. The van der Waals surface area contributed by atoms with E-state index < -0.39 is 0 Å². The Hall–Kier alpha value is -2.95. The maximum atomic E-state index is 12.9. The van der Waals surface area contributed by atoms with Gasteiger partial charge >= 0.3 is 0 Å². The quantitative estimate of drug-likeness (QED) is 0.674. The molecule has 1 amide bonds. The van der Waals surface area contributed by atoms with Gasteiger partial charge in [0.25, 0.3) is 0 Å². The standard InChI is InChI=1S/C22H23NO4/c1-4-23(11-16-5-6-19-21(9-16)27-13-26-19)22(24)10-17-12-25-20-8-15(3)14(2)7-18(17)20/h5-9,12H,4,10-11,13H2,1-3H3. The summed E-state index contributed by atoms with van der Waals surface area (Å²) < 4.78 is 16.4. The van der Waals surface area contributed by atoms with Crippen molar-refractivity contribution in [2.75, 3.05) is 13.3 Å². The molecule has 1 aromatic heterocycles. The number of carbonyl (C=O) groups excluding carboxylic acids is 1. The number of rotatable bonds is 5. The summed E-state index contributed by atoms with van der Waals surface area (Å²) in [4.78, 5) is 14.7. The smallest absolute Gasteiger partial charge is 0.231 e. The lowest BCUT2D eigenvalue weighted by Gasteiger charge is -2.21. The van der Waals surface area contributed by atoms with E-state index in [0.29, 0.717) is 19.5 Å². The predicted octanol–water partition coefficient (Wildman–Crippen LogP) is 4.37.